The minimum Gasteiger partial charge on any atom is -0.494 e. The van der Waals surface area contributed by atoms with E-state index in [-0.39, 0.29) is 18.1 Å². The Morgan fingerprint density at radius 1 is 1.29 bits per heavy atom. The number of hydrogen-bond donors (Lipinski definition) is 0. The quantitative estimate of drug-likeness (QED) is 0.448. The Morgan fingerprint density at radius 3 is 2.35 bits per heavy atom. The molecule has 96 valence electrons. The molecule has 0 fully saturated rings. The van der Waals surface area contributed by atoms with Crippen LogP contribution in [-0.4, -0.2) is 37.1 Å². The molecule has 0 aliphatic carbocycles. The van der Waals surface area contributed by atoms with Crippen LogP contribution in [0.2, 0.25) is 0 Å². The highest BCUT2D eigenvalue weighted by Gasteiger charge is 2.03. The van der Waals surface area contributed by atoms with E-state index in [2.05, 4.69) is 4.90 Å². The van der Waals surface area contributed by atoms with Crippen LogP contribution in [0.1, 0.15) is 6.42 Å². The molecule has 0 radical (unpaired) electrons. The first-order valence-corrected chi connectivity index (χ1v) is 5.11. The Balaban J connectivity index is 0.00000256. The maximum atomic E-state index is 10.4. The van der Waals surface area contributed by atoms with E-state index in [0.29, 0.717) is 12.4 Å². The molecular weight excluding hydrogens is 244 g/mol. The lowest BCUT2D eigenvalue weighted by atomic mass is 10.3. The zero-order chi connectivity index (χ0) is 12.0. The third kappa shape index (κ3) is 6.09. The summed E-state index contributed by atoms with van der Waals surface area (Å²) in [5.74, 6) is 0.671. The Kier molecular flexibility index (Phi) is 7.25. The van der Waals surface area contributed by atoms with Crippen molar-refractivity contribution in [2.45, 2.75) is 6.42 Å². The molecule has 0 atom stereocenters. The number of nitrogens with zero attached hydrogens (tertiary/aromatic N) is 2. The molecule has 0 amide bonds. The first kappa shape index (κ1) is 15.7. The van der Waals surface area contributed by atoms with Crippen molar-refractivity contribution in [1.82, 2.24) is 4.90 Å². The zero-order valence-electron chi connectivity index (χ0n) is 9.96. The molecule has 0 aliphatic heterocycles. The van der Waals surface area contributed by atoms with Crippen molar-refractivity contribution in [3.63, 3.8) is 0 Å². The summed E-state index contributed by atoms with van der Waals surface area (Å²) >= 11 is 0. The summed E-state index contributed by atoms with van der Waals surface area (Å²) < 4.78 is 5.44. The highest BCUT2D eigenvalue weighted by atomic mass is 35.5. The van der Waals surface area contributed by atoms with Crippen LogP contribution in [0.4, 0.5) is 5.69 Å². The fraction of sp³-hybridized carbons (Fsp3) is 0.455. The molecule has 17 heavy (non-hydrogen) atoms. The molecule has 0 heterocycles. The van der Waals surface area contributed by atoms with Crippen LogP contribution in [0.3, 0.4) is 0 Å². The third-order valence-corrected chi connectivity index (χ3v) is 2.07. The van der Waals surface area contributed by atoms with Gasteiger partial charge in [0.25, 0.3) is 5.69 Å². The second-order valence-electron chi connectivity index (χ2n) is 3.76. The molecule has 1 rings (SSSR count). The molecule has 0 N–H and O–H groups in total. The molecule has 1 aromatic rings. The first-order valence-electron chi connectivity index (χ1n) is 5.11. The van der Waals surface area contributed by atoms with Gasteiger partial charge in [-0.05, 0) is 32.6 Å². The van der Waals surface area contributed by atoms with Crippen LogP contribution in [0.5, 0.6) is 5.75 Å². The van der Waals surface area contributed by atoms with Crippen molar-refractivity contribution in [2.24, 2.45) is 0 Å². The molecule has 0 spiro atoms. The fourth-order valence-electron chi connectivity index (χ4n) is 1.23. The van der Waals surface area contributed by atoms with Crippen molar-refractivity contribution >= 4 is 18.1 Å². The molecule has 0 aromatic heterocycles. The van der Waals surface area contributed by atoms with Crippen LogP contribution in [0, 0.1) is 10.1 Å². The maximum Gasteiger partial charge on any atom is 0.269 e. The molecule has 1 aromatic carbocycles. The van der Waals surface area contributed by atoms with Gasteiger partial charge in [-0.25, -0.2) is 0 Å². The SMILES string of the molecule is CN(C)CCCOc1ccc([N+](=O)[O-])cc1.Cl. The summed E-state index contributed by atoms with van der Waals surface area (Å²) in [6.45, 7) is 1.59. The highest BCUT2D eigenvalue weighted by Crippen LogP contribution is 2.17. The Morgan fingerprint density at radius 2 is 1.88 bits per heavy atom. The number of nitro benzene ring substituents is 1. The van der Waals surface area contributed by atoms with Crippen molar-refractivity contribution in [2.75, 3.05) is 27.2 Å². The van der Waals surface area contributed by atoms with Gasteiger partial charge < -0.3 is 9.64 Å². The normalized spacial score (nSPS) is 9.82. The van der Waals surface area contributed by atoms with Crippen LogP contribution < -0.4 is 4.74 Å². The van der Waals surface area contributed by atoms with Crippen molar-refractivity contribution < 1.29 is 9.66 Å². The highest BCUT2D eigenvalue weighted by molar-refractivity contribution is 5.85. The lowest BCUT2D eigenvalue weighted by Crippen LogP contribution is -2.15. The number of benzene rings is 1. The second-order valence-corrected chi connectivity index (χ2v) is 3.76. The number of hydrogen-bond acceptors (Lipinski definition) is 4. The first-order chi connectivity index (χ1) is 7.59. The van der Waals surface area contributed by atoms with Gasteiger partial charge in [-0.1, -0.05) is 0 Å². The van der Waals surface area contributed by atoms with E-state index in [0.717, 1.165) is 13.0 Å². The summed E-state index contributed by atoms with van der Waals surface area (Å²) in [6.07, 6.45) is 0.935. The molecule has 6 heteroatoms. The molecule has 0 aliphatic rings. The Hall–Kier alpha value is -1.33. The van der Waals surface area contributed by atoms with Gasteiger partial charge in [0.1, 0.15) is 5.75 Å². The predicted octanol–water partition coefficient (Wildman–Crippen LogP) is 2.35. The smallest absolute Gasteiger partial charge is 0.269 e. The van der Waals surface area contributed by atoms with Gasteiger partial charge in [0.05, 0.1) is 11.5 Å². The van der Waals surface area contributed by atoms with E-state index < -0.39 is 4.92 Å². The van der Waals surface area contributed by atoms with Crippen LogP contribution in [0.25, 0.3) is 0 Å². The average Bonchev–Trinajstić information content (AvgIpc) is 2.25. The van der Waals surface area contributed by atoms with Crippen molar-refractivity contribution in [1.29, 1.82) is 0 Å². The standard InChI is InChI=1S/C11H16N2O3.ClH/c1-12(2)8-3-9-16-11-6-4-10(5-7-11)13(14)15;/h4-7H,3,8-9H2,1-2H3;1H. The number of nitro groups is 1. The summed E-state index contributed by atoms with van der Waals surface area (Å²) in [7, 11) is 4.01. The topological polar surface area (TPSA) is 55.6 Å². The zero-order valence-corrected chi connectivity index (χ0v) is 10.8. The predicted molar refractivity (Wildman–Crippen MR) is 69.0 cm³/mol. The van der Waals surface area contributed by atoms with Crippen molar-refractivity contribution in [3.05, 3.63) is 34.4 Å². The Bertz CT molecular complexity index is 341. The van der Waals surface area contributed by atoms with Gasteiger partial charge >= 0.3 is 0 Å². The van der Waals surface area contributed by atoms with E-state index in [1.807, 2.05) is 14.1 Å². The van der Waals surface area contributed by atoms with Gasteiger partial charge in [0, 0.05) is 18.7 Å². The number of halogens is 1. The Labute approximate surface area is 107 Å². The van der Waals surface area contributed by atoms with Gasteiger partial charge in [0.15, 0.2) is 0 Å². The van der Waals surface area contributed by atoms with E-state index >= 15 is 0 Å². The second kappa shape index (κ2) is 7.86. The molecule has 5 nitrogen and oxygen atoms in total. The summed E-state index contributed by atoms with van der Waals surface area (Å²) in [5.41, 5.74) is 0.0839. The minimum atomic E-state index is -0.421. The average molecular weight is 261 g/mol. The fourth-order valence-corrected chi connectivity index (χ4v) is 1.23. The van der Waals surface area contributed by atoms with E-state index in [1.54, 1.807) is 12.1 Å². The number of non-ortho nitro benzene ring substituents is 1. The lowest BCUT2D eigenvalue weighted by molar-refractivity contribution is -0.384. The third-order valence-electron chi connectivity index (χ3n) is 2.07. The summed E-state index contributed by atoms with van der Waals surface area (Å²) in [6, 6.07) is 6.13. The van der Waals surface area contributed by atoms with Gasteiger partial charge in [-0.15, -0.1) is 12.4 Å². The van der Waals surface area contributed by atoms with Crippen LogP contribution in [-0.2, 0) is 0 Å². The molecule has 0 unspecified atom stereocenters. The van der Waals surface area contributed by atoms with Gasteiger partial charge in [-0.3, -0.25) is 10.1 Å². The molecule has 0 bridgehead atoms. The van der Waals surface area contributed by atoms with Gasteiger partial charge in [0.2, 0.25) is 0 Å². The lowest BCUT2D eigenvalue weighted by Gasteiger charge is -2.10. The maximum absolute atomic E-state index is 10.4. The van der Waals surface area contributed by atoms with Gasteiger partial charge in [-0.2, -0.15) is 0 Å². The minimum absolute atomic E-state index is 0. The summed E-state index contributed by atoms with van der Waals surface area (Å²) in [4.78, 5) is 12.1. The molecular formula is C11H17ClN2O3. The van der Waals surface area contributed by atoms with Crippen LogP contribution >= 0.6 is 12.4 Å². The monoisotopic (exact) mass is 260 g/mol. The van der Waals surface area contributed by atoms with E-state index in [1.165, 1.54) is 12.1 Å². The summed E-state index contributed by atoms with van der Waals surface area (Å²) in [5, 5.41) is 10.4. The number of ether oxygens (including phenoxy) is 1. The molecule has 0 saturated heterocycles. The largest absolute Gasteiger partial charge is 0.494 e. The van der Waals surface area contributed by atoms with Crippen molar-refractivity contribution in [3.8, 4) is 5.75 Å². The van der Waals surface area contributed by atoms with Crippen LogP contribution in [0.15, 0.2) is 24.3 Å². The number of rotatable bonds is 6. The molecule has 0 saturated carbocycles. The van der Waals surface area contributed by atoms with E-state index in [4.69, 9.17) is 4.74 Å². The van der Waals surface area contributed by atoms with E-state index in [9.17, 15) is 10.1 Å².